The molecular weight excluding hydrogens is 418 g/mol. The molecule has 1 aliphatic carbocycles. The van der Waals surface area contributed by atoms with Gasteiger partial charge in [-0.1, -0.05) is 25.3 Å². The van der Waals surface area contributed by atoms with Gasteiger partial charge in [-0.3, -0.25) is 14.5 Å². The molecule has 3 heterocycles. The summed E-state index contributed by atoms with van der Waals surface area (Å²) in [5.41, 5.74) is 0.734. The van der Waals surface area contributed by atoms with Crippen molar-refractivity contribution in [3.05, 3.63) is 48.0 Å². The van der Waals surface area contributed by atoms with Crippen molar-refractivity contribution in [3.63, 3.8) is 0 Å². The van der Waals surface area contributed by atoms with E-state index >= 15 is 0 Å². The zero-order chi connectivity index (χ0) is 23.3. The molecule has 33 heavy (non-hydrogen) atoms. The Morgan fingerprint density at radius 1 is 1.18 bits per heavy atom. The molecule has 0 radical (unpaired) electrons. The summed E-state index contributed by atoms with van der Waals surface area (Å²) < 4.78 is 10.6. The third-order valence-corrected chi connectivity index (χ3v) is 7.35. The standard InChI is InChI=1S/C26H35N3O4/c1-20-8-9-23(27-19-20)29(24(30)22-7-6-18-33-22)21-10-15-28(16-11-21)17-14-26(25(31)32-2)12-4-3-5-13-26/h6-9,18-19,21H,3-5,10-17H2,1-2H3. The Hall–Kier alpha value is -2.67. The number of carbonyl (C=O) groups is 2. The molecule has 0 atom stereocenters. The summed E-state index contributed by atoms with van der Waals surface area (Å²) in [6, 6.07) is 7.38. The predicted octanol–water partition coefficient (Wildman–Crippen LogP) is 4.61. The average molecular weight is 454 g/mol. The summed E-state index contributed by atoms with van der Waals surface area (Å²) in [6.45, 7) is 4.64. The van der Waals surface area contributed by atoms with Crippen LogP contribution in [0.25, 0.3) is 0 Å². The summed E-state index contributed by atoms with van der Waals surface area (Å²) in [6.07, 6.45) is 11.1. The Morgan fingerprint density at radius 2 is 1.94 bits per heavy atom. The number of piperidine rings is 1. The zero-order valence-electron chi connectivity index (χ0n) is 19.8. The Balaban J connectivity index is 1.41. The number of ether oxygens (including phenoxy) is 1. The number of aryl methyl sites for hydroxylation is 1. The van der Waals surface area contributed by atoms with Gasteiger partial charge in [0.05, 0.1) is 18.8 Å². The second kappa shape index (κ2) is 10.5. The van der Waals surface area contributed by atoms with Crippen molar-refractivity contribution >= 4 is 17.7 Å². The van der Waals surface area contributed by atoms with E-state index in [1.54, 1.807) is 23.2 Å². The number of hydrogen-bond donors (Lipinski definition) is 0. The molecule has 1 aliphatic heterocycles. The Labute approximate surface area is 196 Å². The summed E-state index contributed by atoms with van der Waals surface area (Å²) in [4.78, 5) is 34.6. The number of likely N-dealkylation sites (tertiary alicyclic amines) is 1. The molecular formula is C26H35N3O4. The highest BCUT2D eigenvalue weighted by Crippen LogP contribution is 2.40. The van der Waals surface area contributed by atoms with E-state index in [4.69, 9.17) is 9.15 Å². The van der Waals surface area contributed by atoms with Crippen LogP contribution in [0.5, 0.6) is 0 Å². The Kier molecular flexibility index (Phi) is 7.48. The average Bonchev–Trinajstić information content (AvgIpc) is 3.40. The largest absolute Gasteiger partial charge is 0.469 e. The van der Waals surface area contributed by atoms with Gasteiger partial charge in [-0.15, -0.1) is 0 Å². The first kappa shape index (κ1) is 23.5. The van der Waals surface area contributed by atoms with Crippen LogP contribution in [0.4, 0.5) is 5.82 Å². The number of pyridine rings is 1. The molecule has 0 bridgehead atoms. The second-order valence-corrected chi connectivity index (χ2v) is 9.50. The van der Waals surface area contributed by atoms with Crippen molar-refractivity contribution in [2.45, 2.75) is 64.3 Å². The predicted molar refractivity (Wildman–Crippen MR) is 126 cm³/mol. The van der Waals surface area contributed by atoms with Gasteiger partial charge in [0.2, 0.25) is 0 Å². The normalized spacial score (nSPS) is 19.2. The number of nitrogens with zero attached hydrogens (tertiary/aromatic N) is 3. The van der Waals surface area contributed by atoms with E-state index in [0.717, 1.165) is 70.1 Å². The molecule has 178 valence electrons. The van der Waals surface area contributed by atoms with E-state index in [9.17, 15) is 9.59 Å². The third-order valence-electron chi connectivity index (χ3n) is 7.35. The number of carbonyl (C=O) groups excluding carboxylic acids is 2. The minimum atomic E-state index is -0.322. The molecule has 0 unspecified atom stereocenters. The van der Waals surface area contributed by atoms with Crippen molar-refractivity contribution in [2.75, 3.05) is 31.6 Å². The maximum atomic E-state index is 13.3. The minimum Gasteiger partial charge on any atom is -0.469 e. The maximum Gasteiger partial charge on any atom is 0.311 e. The van der Waals surface area contributed by atoms with Crippen molar-refractivity contribution in [2.24, 2.45) is 5.41 Å². The van der Waals surface area contributed by atoms with Crippen LogP contribution in [0.2, 0.25) is 0 Å². The van der Waals surface area contributed by atoms with Crippen LogP contribution in [-0.4, -0.2) is 54.5 Å². The van der Waals surface area contributed by atoms with Crippen LogP contribution in [0, 0.1) is 12.3 Å². The van der Waals surface area contributed by atoms with Gasteiger partial charge in [-0.25, -0.2) is 4.98 Å². The minimum absolute atomic E-state index is 0.0437. The molecule has 4 rings (SSSR count). The topological polar surface area (TPSA) is 75.9 Å². The van der Waals surface area contributed by atoms with Gasteiger partial charge in [0, 0.05) is 25.3 Å². The molecule has 0 N–H and O–H groups in total. The summed E-state index contributed by atoms with van der Waals surface area (Å²) in [5.74, 6) is 0.795. The van der Waals surface area contributed by atoms with Gasteiger partial charge in [0.15, 0.2) is 5.76 Å². The van der Waals surface area contributed by atoms with E-state index in [-0.39, 0.29) is 23.3 Å². The monoisotopic (exact) mass is 453 g/mol. The summed E-state index contributed by atoms with van der Waals surface area (Å²) >= 11 is 0. The first-order chi connectivity index (χ1) is 16.0. The number of aromatic nitrogens is 1. The van der Waals surface area contributed by atoms with Crippen LogP contribution >= 0.6 is 0 Å². The van der Waals surface area contributed by atoms with E-state index in [1.165, 1.54) is 19.8 Å². The van der Waals surface area contributed by atoms with Crippen molar-refractivity contribution in [1.29, 1.82) is 0 Å². The zero-order valence-corrected chi connectivity index (χ0v) is 19.8. The lowest BCUT2D eigenvalue weighted by Gasteiger charge is -2.40. The highest BCUT2D eigenvalue weighted by molar-refractivity contribution is 6.04. The Bertz CT molecular complexity index is 912. The van der Waals surface area contributed by atoms with Gasteiger partial charge in [0.1, 0.15) is 5.82 Å². The van der Waals surface area contributed by atoms with Gasteiger partial charge < -0.3 is 14.1 Å². The summed E-state index contributed by atoms with van der Waals surface area (Å²) in [7, 11) is 1.51. The molecule has 0 aromatic carbocycles. The van der Waals surface area contributed by atoms with Crippen LogP contribution in [-0.2, 0) is 9.53 Å². The quantitative estimate of drug-likeness (QED) is 0.570. The molecule has 2 fully saturated rings. The fraction of sp³-hybridized carbons (Fsp3) is 0.577. The number of furan rings is 1. The van der Waals surface area contributed by atoms with Gasteiger partial charge in [-0.2, -0.15) is 0 Å². The second-order valence-electron chi connectivity index (χ2n) is 9.50. The van der Waals surface area contributed by atoms with Crippen molar-refractivity contribution < 1.29 is 18.7 Å². The molecule has 7 heteroatoms. The van der Waals surface area contributed by atoms with Crippen molar-refractivity contribution in [3.8, 4) is 0 Å². The summed E-state index contributed by atoms with van der Waals surface area (Å²) in [5, 5.41) is 0. The smallest absolute Gasteiger partial charge is 0.311 e. The van der Waals surface area contributed by atoms with Crippen molar-refractivity contribution in [1.82, 2.24) is 9.88 Å². The Morgan fingerprint density at radius 3 is 2.55 bits per heavy atom. The highest BCUT2D eigenvalue weighted by Gasteiger charge is 2.41. The molecule has 7 nitrogen and oxygen atoms in total. The number of rotatable bonds is 7. The number of methoxy groups -OCH3 is 1. The number of hydrogen-bond acceptors (Lipinski definition) is 6. The lowest BCUT2D eigenvalue weighted by molar-refractivity contribution is -0.155. The lowest BCUT2D eigenvalue weighted by Crippen LogP contribution is -2.49. The van der Waals surface area contributed by atoms with E-state index in [0.29, 0.717) is 11.6 Å². The SMILES string of the molecule is COC(=O)C1(CCN2CCC(N(C(=O)c3ccco3)c3ccc(C)cn3)CC2)CCCCC1. The van der Waals surface area contributed by atoms with Crippen LogP contribution in [0.3, 0.4) is 0 Å². The number of esters is 1. The maximum absolute atomic E-state index is 13.3. The van der Waals surface area contributed by atoms with E-state index in [1.807, 2.05) is 19.1 Å². The molecule has 1 saturated heterocycles. The van der Waals surface area contributed by atoms with Gasteiger partial charge >= 0.3 is 5.97 Å². The van der Waals surface area contributed by atoms with Gasteiger partial charge in [0.25, 0.3) is 5.91 Å². The molecule has 2 aromatic rings. The van der Waals surface area contributed by atoms with Gasteiger partial charge in [-0.05, 0) is 69.3 Å². The molecule has 2 aromatic heterocycles. The molecule has 2 aliphatic rings. The fourth-order valence-corrected chi connectivity index (χ4v) is 5.35. The third kappa shape index (κ3) is 5.29. The first-order valence-corrected chi connectivity index (χ1v) is 12.1. The molecule has 0 spiro atoms. The number of anilines is 1. The van der Waals surface area contributed by atoms with Crippen LogP contribution in [0.15, 0.2) is 41.1 Å². The lowest BCUT2D eigenvalue weighted by atomic mass is 9.71. The first-order valence-electron chi connectivity index (χ1n) is 12.1. The van der Waals surface area contributed by atoms with E-state index in [2.05, 4.69) is 9.88 Å². The van der Waals surface area contributed by atoms with Crippen LogP contribution < -0.4 is 4.90 Å². The van der Waals surface area contributed by atoms with Crippen LogP contribution in [0.1, 0.15) is 67.5 Å². The molecule has 1 amide bonds. The fourth-order valence-electron chi connectivity index (χ4n) is 5.35. The number of amides is 1. The highest BCUT2D eigenvalue weighted by atomic mass is 16.5. The van der Waals surface area contributed by atoms with E-state index < -0.39 is 0 Å². The molecule has 1 saturated carbocycles.